The molecule has 1 fully saturated rings. The second-order valence-electron chi connectivity index (χ2n) is 6.79. The number of methoxy groups -OCH3 is 2. The molecule has 0 aromatic heterocycles. The quantitative estimate of drug-likeness (QED) is 0.841. The molecule has 4 rings (SSSR count). The van der Waals surface area contributed by atoms with Crippen LogP contribution in [0, 0.1) is 5.92 Å². The summed E-state index contributed by atoms with van der Waals surface area (Å²) in [6, 6.07) is 4.63. The topological polar surface area (TPSA) is 38.8 Å². The Morgan fingerprint density at radius 2 is 1.91 bits per heavy atom. The average Bonchev–Trinajstić information content (AvgIpc) is 2.58. The number of carbonyl (C=O) groups excluding carboxylic acids is 1. The summed E-state index contributed by atoms with van der Waals surface area (Å²) in [5.74, 6) is 2.48. The van der Waals surface area contributed by atoms with Gasteiger partial charge in [0.25, 0.3) is 0 Å². The van der Waals surface area contributed by atoms with Crippen molar-refractivity contribution >= 4 is 5.78 Å². The highest BCUT2D eigenvalue weighted by molar-refractivity contribution is 5.91. The average molecular weight is 313 g/mol. The number of rotatable bonds is 2. The molecule has 0 spiro atoms. The molecule has 2 aliphatic heterocycles. The lowest BCUT2D eigenvalue weighted by atomic mass is 9.76. The molecule has 0 bridgehead atoms. The number of ketones is 1. The van der Waals surface area contributed by atoms with Crippen LogP contribution in [-0.4, -0.2) is 38.0 Å². The third-order valence-electron chi connectivity index (χ3n) is 5.61. The number of fused-ring (bicyclic) bond motifs is 4. The fourth-order valence-corrected chi connectivity index (χ4v) is 4.38. The first kappa shape index (κ1) is 14.8. The summed E-state index contributed by atoms with van der Waals surface area (Å²) in [4.78, 5) is 14.4. The number of allylic oxidation sites excluding steroid dienone is 1. The standard InChI is InChI=1S/C19H23NO3/c1-22-18-9-12-5-6-20-11-13-3-4-15(21)7-14(13)8-17(20)16(12)10-19(18)23-2/h7,9-10,13,17H,3-6,8,11H2,1-2H3/t13-,17-/m0/s1. The van der Waals surface area contributed by atoms with Gasteiger partial charge >= 0.3 is 0 Å². The predicted octanol–water partition coefficient (Wildman–Crippen LogP) is 2.91. The number of nitrogens with zero attached hydrogens (tertiary/aromatic N) is 1. The van der Waals surface area contributed by atoms with Crippen molar-refractivity contribution in [2.45, 2.75) is 31.7 Å². The van der Waals surface area contributed by atoms with Crippen LogP contribution in [0.5, 0.6) is 11.5 Å². The molecule has 1 aromatic carbocycles. The van der Waals surface area contributed by atoms with Gasteiger partial charge in [-0.2, -0.15) is 0 Å². The van der Waals surface area contributed by atoms with Crippen molar-refractivity contribution in [3.63, 3.8) is 0 Å². The van der Waals surface area contributed by atoms with Gasteiger partial charge in [0.15, 0.2) is 17.3 Å². The molecule has 2 atom stereocenters. The maximum atomic E-state index is 11.8. The number of hydrogen-bond acceptors (Lipinski definition) is 4. The molecule has 2 heterocycles. The minimum absolute atomic E-state index is 0.299. The molecule has 122 valence electrons. The van der Waals surface area contributed by atoms with Crippen molar-refractivity contribution in [2.24, 2.45) is 5.92 Å². The first-order valence-electron chi connectivity index (χ1n) is 8.41. The first-order valence-corrected chi connectivity index (χ1v) is 8.41. The zero-order valence-corrected chi connectivity index (χ0v) is 13.8. The van der Waals surface area contributed by atoms with E-state index in [2.05, 4.69) is 17.0 Å². The molecule has 0 unspecified atom stereocenters. The third kappa shape index (κ3) is 2.45. The van der Waals surface area contributed by atoms with Crippen LogP contribution in [0.25, 0.3) is 0 Å². The van der Waals surface area contributed by atoms with Gasteiger partial charge in [-0.15, -0.1) is 0 Å². The molecule has 1 aliphatic carbocycles. The second kappa shape index (κ2) is 5.68. The van der Waals surface area contributed by atoms with Gasteiger partial charge in [0.05, 0.1) is 14.2 Å². The molecular formula is C19H23NO3. The Hall–Kier alpha value is -1.81. The van der Waals surface area contributed by atoms with Gasteiger partial charge in [0, 0.05) is 25.6 Å². The predicted molar refractivity (Wildman–Crippen MR) is 88.0 cm³/mol. The van der Waals surface area contributed by atoms with Crippen LogP contribution >= 0.6 is 0 Å². The fraction of sp³-hybridized carbons (Fsp3) is 0.526. The number of hydrogen-bond donors (Lipinski definition) is 0. The minimum Gasteiger partial charge on any atom is -0.493 e. The summed E-state index contributed by atoms with van der Waals surface area (Å²) >= 11 is 0. The Balaban J connectivity index is 1.72. The molecule has 1 aromatic rings. The molecule has 4 heteroatoms. The van der Waals surface area contributed by atoms with Gasteiger partial charge in [-0.3, -0.25) is 9.69 Å². The largest absolute Gasteiger partial charge is 0.493 e. The van der Waals surface area contributed by atoms with E-state index >= 15 is 0 Å². The van der Waals surface area contributed by atoms with Crippen molar-refractivity contribution < 1.29 is 14.3 Å². The molecule has 23 heavy (non-hydrogen) atoms. The summed E-state index contributed by atoms with van der Waals surface area (Å²) in [6.07, 6.45) is 5.68. The van der Waals surface area contributed by atoms with Crippen LogP contribution < -0.4 is 9.47 Å². The van der Waals surface area contributed by atoms with Crippen LogP contribution in [-0.2, 0) is 11.2 Å². The van der Waals surface area contributed by atoms with Gasteiger partial charge in [-0.1, -0.05) is 5.57 Å². The summed E-state index contributed by atoms with van der Waals surface area (Å²) in [5, 5.41) is 0. The summed E-state index contributed by atoms with van der Waals surface area (Å²) in [6.45, 7) is 2.17. The molecule has 0 amide bonds. The summed E-state index contributed by atoms with van der Waals surface area (Å²) in [5.41, 5.74) is 4.04. The van der Waals surface area contributed by atoms with E-state index in [1.54, 1.807) is 14.2 Å². The van der Waals surface area contributed by atoms with Crippen LogP contribution in [0.1, 0.15) is 36.4 Å². The number of ether oxygens (including phenoxy) is 2. The SMILES string of the molecule is COc1cc2c(cc1OC)[C@@H]1CC3=CC(=O)CC[C@H]3CN1CC2. The Bertz CT molecular complexity index is 679. The van der Waals surface area contributed by atoms with Crippen molar-refractivity contribution in [1.82, 2.24) is 4.90 Å². The van der Waals surface area contributed by atoms with Gasteiger partial charge < -0.3 is 9.47 Å². The van der Waals surface area contributed by atoms with E-state index in [9.17, 15) is 4.79 Å². The molecule has 0 saturated carbocycles. The lowest BCUT2D eigenvalue weighted by Gasteiger charge is -2.45. The zero-order valence-electron chi connectivity index (χ0n) is 13.8. The Kier molecular flexibility index (Phi) is 3.64. The van der Waals surface area contributed by atoms with E-state index in [1.807, 2.05) is 6.08 Å². The Labute approximate surface area is 137 Å². The molecule has 4 nitrogen and oxygen atoms in total. The van der Waals surface area contributed by atoms with Crippen LogP contribution in [0.15, 0.2) is 23.8 Å². The van der Waals surface area contributed by atoms with Crippen molar-refractivity contribution in [1.29, 1.82) is 0 Å². The van der Waals surface area contributed by atoms with Crippen LogP contribution in [0.4, 0.5) is 0 Å². The van der Waals surface area contributed by atoms with E-state index in [0.29, 0.717) is 24.2 Å². The van der Waals surface area contributed by atoms with E-state index in [0.717, 1.165) is 43.9 Å². The summed E-state index contributed by atoms with van der Waals surface area (Å²) in [7, 11) is 3.37. The summed E-state index contributed by atoms with van der Waals surface area (Å²) < 4.78 is 10.9. The van der Waals surface area contributed by atoms with Gasteiger partial charge in [-0.25, -0.2) is 0 Å². The number of piperidine rings is 1. The third-order valence-corrected chi connectivity index (χ3v) is 5.61. The second-order valence-corrected chi connectivity index (χ2v) is 6.79. The Morgan fingerprint density at radius 1 is 1.13 bits per heavy atom. The number of carbonyl (C=O) groups is 1. The van der Waals surface area contributed by atoms with Gasteiger partial charge in [-0.05, 0) is 54.5 Å². The highest BCUT2D eigenvalue weighted by Crippen LogP contribution is 2.45. The van der Waals surface area contributed by atoms with Crippen molar-refractivity contribution in [3.05, 3.63) is 34.9 Å². The van der Waals surface area contributed by atoms with Gasteiger partial charge in [0.1, 0.15) is 0 Å². The number of benzene rings is 1. The highest BCUT2D eigenvalue weighted by atomic mass is 16.5. The lowest BCUT2D eigenvalue weighted by Crippen LogP contribution is -2.44. The van der Waals surface area contributed by atoms with Gasteiger partial charge in [0.2, 0.25) is 0 Å². The van der Waals surface area contributed by atoms with E-state index in [4.69, 9.17) is 9.47 Å². The molecule has 0 N–H and O–H groups in total. The Morgan fingerprint density at radius 3 is 2.70 bits per heavy atom. The van der Waals surface area contributed by atoms with Crippen LogP contribution in [0.2, 0.25) is 0 Å². The van der Waals surface area contributed by atoms with E-state index in [1.165, 1.54) is 16.7 Å². The van der Waals surface area contributed by atoms with Crippen molar-refractivity contribution in [2.75, 3.05) is 27.3 Å². The maximum absolute atomic E-state index is 11.8. The highest BCUT2D eigenvalue weighted by Gasteiger charge is 2.37. The minimum atomic E-state index is 0.299. The van der Waals surface area contributed by atoms with E-state index < -0.39 is 0 Å². The first-order chi connectivity index (χ1) is 11.2. The molecular weight excluding hydrogens is 290 g/mol. The monoisotopic (exact) mass is 313 g/mol. The molecule has 0 radical (unpaired) electrons. The fourth-order valence-electron chi connectivity index (χ4n) is 4.38. The maximum Gasteiger partial charge on any atom is 0.161 e. The smallest absolute Gasteiger partial charge is 0.161 e. The molecule has 3 aliphatic rings. The van der Waals surface area contributed by atoms with Crippen LogP contribution in [0.3, 0.4) is 0 Å². The van der Waals surface area contributed by atoms with Crippen molar-refractivity contribution in [3.8, 4) is 11.5 Å². The molecule has 1 saturated heterocycles. The van der Waals surface area contributed by atoms with E-state index in [-0.39, 0.29) is 0 Å². The normalized spacial score (nSPS) is 26.7. The lowest BCUT2D eigenvalue weighted by molar-refractivity contribution is -0.115. The zero-order chi connectivity index (χ0) is 16.0.